The van der Waals surface area contributed by atoms with Crippen molar-refractivity contribution in [3.63, 3.8) is 0 Å². The van der Waals surface area contributed by atoms with E-state index >= 15 is 0 Å². The minimum atomic E-state index is 0.0294. The second-order valence-corrected chi connectivity index (χ2v) is 6.66. The van der Waals surface area contributed by atoms with Crippen LogP contribution >= 0.6 is 0 Å². The molecule has 1 aromatic heterocycles. The minimum absolute atomic E-state index is 0.0294. The van der Waals surface area contributed by atoms with Gasteiger partial charge in [-0.1, -0.05) is 24.3 Å². The molecule has 7 nitrogen and oxygen atoms in total. The van der Waals surface area contributed by atoms with Crippen molar-refractivity contribution in [3.05, 3.63) is 51.7 Å². The monoisotopic (exact) mass is 356 g/mol. The molecule has 140 valence electrons. The third-order valence-electron chi connectivity index (χ3n) is 4.80. The van der Waals surface area contributed by atoms with Gasteiger partial charge in [-0.05, 0) is 37.3 Å². The van der Waals surface area contributed by atoms with Crippen LogP contribution in [-0.2, 0) is 26.1 Å². The molecule has 0 bridgehead atoms. The summed E-state index contributed by atoms with van der Waals surface area (Å²) in [5.41, 5.74) is 2.55. The summed E-state index contributed by atoms with van der Waals surface area (Å²) in [7, 11) is 1.77. The van der Waals surface area contributed by atoms with Gasteiger partial charge in [0.15, 0.2) is 5.96 Å². The highest BCUT2D eigenvalue weighted by Crippen LogP contribution is 2.09. The number of nitrogens with zero attached hydrogens (tertiary/aromatic N) is 4. The largest absolute Gasteiger partial charge is 0.356 e. The Labute approximate surface area is 154 Å². The van der Waals surface area contributed by atoms with Gasteiger partial charge in [0.25, 0.3) is 0 Å². The van der Waals surface area contributed by atoms with Crippen LogP contribution in [0.5, 0.6) is 0 Å². The van der Waals surface area contributed by atoms with Gasteiger partial charge < -0.3 is 10.6 Å². The maximum absolute atomic E-state index is 12.3. The summed E-state index contributed by atoms with van der Waals surface area (Å²) in [6, 6.07) is 8.31. The highest BCUT2D eigenvalue weighted by molar-refractivity contribution is 5.79. The number of nitrogens with one attached hydrogen (secondary N) is 2. The van der Waals surface area contributed by atoms with Gasteiger partial charge in [0, 0.05) is 39.6 Å². The molecule has 1 aromatic carbocycles. The predicted octanol–water partition coefficient (Wildman–Crippen LogP) is 1.44. The summed E-state index contributed by atoms with van der Waals surface area (Å²) in [6.45, 7) is 5.01. The van der Waals surface area contributed by atoms with Crippen molar-refractivity contribution in [3.8, 4) is 0 Å². The van der Waals surface area contributed by atoms with Crippen LogP contribution in [0, 0.1) is 6.92 Å². The Hall–Kier alpha value is -2.57. The number of hydrogen-bond acceptors (Lipinski definition) is 3. The third-order valence-corrected chi connectivity index (χ3v) is 4.80. The van der Waals surface area contributed by atoms with Crippen molar-refractivity contribution in [2.45, 2.75) is 52.2 Å². The van der Waals surface area contributed by atoms with E-state index in [0.29, 0.717) is 6.54 Å². The van der Waals surface area contributed by atoms with Gasteiger partial charge in [0.2, 0.25) is 0 Å². The minimum Gasteiger partial charge on any atom is -0.356 e. The number of benzene rings is 1. The maximum atomic E-state index is 12.3. The predicted molar refractivity (Wildman–Crippen MR) is 103 cm³/mol. The van der Waals surface area contributed by atoms with Crippen LogP contribution in [0.2, 0.25) is 0 Å². The number of aryl methyl sites for hydroxylation is 3. The molecule has 3 rings (SSSR count). The zero-order valence-corrected chi connectivity index (χ0v) is 15.7. The van der Waals surface area contributed by atoms with Crippen LogP contribution in [0.15, 0.2) is 34.1 Å². The van der Waals surface area contributed by atoms with Crippen molar-refractivity contribution < 1.29 is 0 Å². The van der Waals surface area contributed by atoms with Gasteiger partial charge in [-0.3, -0.25) is 9.56 Å². The fraction of sp³-hybridized carbons (Fsp3) is 0.526. The Bertz CT molecular complexity index is 820. The molecular weight excluding hydrogens is 328 g/mol. The molecule has 0 radical (unpaired) electrons. The molecule has 0 spiro atoms. The Kier molecular flexibility index (Phi) is 6.09. The lowest BCUT2D eigenvalue weighted by Gasteiger charge is -2.13. The number of hydrogen-bond donors (Lipinski definition) is 2. The number of rotatable bonds is 6. The van der Waals surface area contributed by atoms with E-state index < -0.39 is 0 Å². The summed E-state index contributed by atoms with van der Waals surface area (Å²) in [5, 5.41) is 11.1. The third kappa shape index (κ3) is 4.33. The molecule has 0 saturated heterocycles. The molecule has 2 aromatic rings. The van der Waals surface area contributed by atoms with Gasteiger partial charge in [-0.2, -0.15) is 5.10 Å². The highest BCUT2D eigenvalue weighted by atomic mass is 16.2. The van der Waals surface area contributed by atoms with E-state index in [0.717, 1.165) is 57.1 Å². The molecule has 26 heavy (non-hydrogen) atoms. The van der Waals surface area contributed by atoms with Crippen molar-refractivity contribution in [2.24, 2.45) is 4.99 Å². The van der Waals surface area contributed by atoms with Crippen LogP contribution < -0.4 is 16.3 Å². The van der Waals surface area contributed by atoms with Crippen molar-refractivity contribution in [1.82, 2.24) is 25.0 Å². The molecule has 0 saturated carbocycles. The summed E-state index contributed by atoms with van der Waals surface area (Å²) >= 11 is 0. The summed E-state index contributed by atoms with van der Waals surface area (Å²) < 4.78 is 3.42. The van der Waals surface area contributed by atoms with Crippen LogP contribution in [0.25, 0.3) is 0 Å². The lowest BCUT2D eigenvalue weighted by molar-refractivity contribution is 0.509. The Morgan fingerprint density at radius 1 is 1.27 bits per heavy atom. The molecule has 2 heterocycles. The molecule has 0 aliphatic carbocycles. The number of fused-ring (bicyclic) bond motifs is 1. The normalized spacial score (nSPS) is 14.2. The topological polar surface area (TPSA) is 76.2 Å². The maximum Gasteiger partial charge on any atom is 0.345 e. The average Bonchev–Trinajstić information content (AvgIpc) is 2.98. The van der Waals surface area contributed by atoms with E-state index in [2.05, 4.69) is 39.8 Å². The average molecular weight is 356 g/mol. The quantitative estimate of drug-likeness (QED) is 0.467. The lowest BCUT2D eigenvalue weighted by Crippen LogP contribution is -2.38. The first-order chi connectivity index (χ1) is 12.7. The van der Waals surface area contributed by atoms with E-state index in [1.165, 1.54) is 11.1 Å². The van der Waals surface area contributed by atoms with Crippen molar-refractivity contribution in [1.29, 1.82) is 0 Å². The summed E-state index contributed by atoms with van der Waals surface area (Å²) in [5.74, 6) is 1.70. The van der Waals surface area contributed by atoms with Crippen molar-refractivity contribution in [2.75, 3.05) is 13.6 Å². The van der Waals surface area contributed by atoms with Crippen LogP contribution in [0.1, 0.15) is 36.2 Å². The zero-order chi connectivity index (χ0) is 18.4. The fourth-order valence-corrected chi connectivity index (χ4v) is 3.24. The van der Waals surface area contributed by atoms with E-state index in [4.69, 9.17) is 0 Å². The standard InChI is InChI=1S/C19H28N6O/c1-15-8-3-4-9-16(15)14-22-18(20-2)21-11-7-13-25-19(26)24-12-6-5-10-17(24)23-25/h3-4,8-9H,5-7,10-14H2,1-2H3,(H2,20,21,22). The van der Waals surface area contributed by atoms with E-state index in [9.17, 15) is 4.79 Å². The fourth-order valence-electron chi connectivity index (χ4n) is 3.24. The SMILES string of the molecule is CN=C(NCCCn1nc2n(c1=O)CCCC2)NCc1ccccc1C. The Morgan fingerprint density at radius 2 is 2.12 bits per heavy atom. The number of aromatic nitrogens is 3. The second-order valence-electron chi connectivity index (χ2n) is 6.66. The van der Waals surface area contributed by atoms with Gasteiger partial charge >= 0.3 is 5.69 Å². The molecule has 1 aliphatic heterocycles. The van der Waals surface area contributed by atoms with Crippen LogP contribution in [0.4, 0.5) is 0 Å². The molecule has 0 unspecified atom stereocenters. The van der Waals surface area contributed by atoms with E-state index in [1.54, 1.807) is 11.7 Å². The molecule has 0 fully saturated rings. The van der Waals surface area contributed by atoms with Gasteiger partial charge in [-0.25, -0.2) is 9.48 Å². The summed E-state index contributed by atoms with van der Waals surface area (Å²) in [6.07, 6.45) is 3.93. The van der Waals surface area contributed by atoms with Crippen LogP contribution in [-0.4, -0.2) is 33.9 Å². The molecule has 2 N–H and O–H groups in total. The molecule has 0 atom stereocenters. The first kappa shape index (κ1) is 18.2. The van der Waals surface area contributed by atoms with Gasteiger partial charge in [-0.15, -0.1) is 0 Å². The smallest absolute Gasteiger partial charge is 0.345 e. The number of guanidine groups is 1. The second kappa shape index (κ2) is 8.69. The van der Waals surface area contributed by atoms with Crippen molar-refractivity contribution >= 4 is 5.96 Å². The molecule has 0 amide bonds. The molecular formula is C19H28N6O. The van der Waals surface area contributed by atoms with Gasteiger partial charge in [0.1, 0.15) is 5.82 Å². The number of aliphatic imine (C=N–C) groups is 1. The Balaban J connectivity index is 1.44. The molecule has 1 aliphatic rings. The first-order valence-electron chi connectivity index (χ1n) is 9.34. The van der Waals surface area contributed by atoms with Gasteiger partial charge in [0.05, 0.1) is 0 Å². The van der Waals surface area contributed by atoms with Crippen LogP contribution in [0.3, 0.4) is 0 Å². The van der Waals surface area contributed by atoms with E-state index in [1.807, 2.05) is 16.7 Å². The summed E-state index contributed by atoms with van der Waals surface area (Å²) in [4.78, 5) is 16.6. The highest BCUT2D eigenvalue weighted by Gasteiger charge is 2.16. The van der Waals surface area contributed by atoms with E-state index in [-0.39, 0.29) is 5.69 Å². The Morgan fingerprint density at radius 3 is 2.88 bits per heavy atom. The molecule has 7 heteroatoms. The first-order valence-corrected chi connectivity index (χ1v) is 9.34. The lowest BCUT2D eigenvalue weighted by atomic mass is 10.1. The zero-order valence-electron chi connectivity index (χ0n) is 15.7.